The molecule has 4 nitrogen and oxygen atoms in total. The molecule has 116 valence electrons. The largest absolute Gasteiger partial charge is 0.313 e. The zero-order chi connectivity index (χ0) is 14.5. The molecule has 0 amide bonds. The second kappa shape index (κ2) is 7.34. The predicted octanol–water partition coefficient (Wildman–Crippen LogP) is 1.86. The van der Waals surface area contributed by atoms with Crippen LogP contribution in [0.2, 0.25) is 0 Å². The minimum Gasteiger partial charge on any atom is -0.313 e. The van der Waals surface area contributed by atoms with Crippen LogP contribution >= 0.6 is 0 Å². The summed E-state index contributed by atoms with van der Waals surface area (Å²) >= 11 is 0. The van der Waals surface area contributed by atoms with Crippen LogP contribution in [0.1, 0.15) is 37.4 Å². The van der Waals surface area contributed by atoms with Gasteiger partial charge in [-0.15, -0.1) is 0 Å². The molecule has 0 atom stereocenters. The molecular formula is C17H28N4. The molecule has 3 rings (SSSR count). The molecule has 1 aliphatic carbocycles. The molecule has 0 unspecified atom stereocenters. The molecule has 4 heteroatoms. The van der Waals surface area contributed by atoms with Gasteiger partial charge in [0.2, 0.25) is 0 Å². The smallest absolute Gasteiger partial charge is 0.0544 e. The van der Waals surface area contributed by atoms with E-state index in [9.17, 15) is 0 Å². The maximum atomic E-state index is 4.62. The number of aromatic nitrogens is 1. The Bertz CT molecular complexity index is 419. The number of rotatable bonds is 7. The lowest BCUT2D eigenvalue weighted by molar-refractivity contribution is 0.120. The molecule has 0 spiro atoms. The Labute approximate surface area is 128 Å². The molecule has 2 fully saturated rings. The highest BCUT2D eigenvalue weighted by atomic mass is 15.3. The van der Waals surface area contributed by atoms with Gasteiger partial charge >= 0.3 is 0 Å². The van der Waals surface area contributed by atoms with Crippen LogP contribution in [-0.4, -0.2) is 53.5 Å². The summed E-state index contributed by atoms with van der Waals surface area (Å²) in [6.45, 7) is 10.1. The molecule has 2 heterocycles. The van der Waals surface area contributed by atoms with E-state index in [1.165, 1.54) is 56.7 Å². The Balaban J connectivity index is 1.42. The minimum atomic E-state index is 0.917. The molecule has 1 saturated heterocycles. The van der Waals surface area contributed by atoms with E-state index in [2.05, 4.69) is 39.2 Å². The number of pyridine rings is 1. The number of nitrogens with one attached hydrogen (secondary N) is 1. The highest BCUT2D eigenvalue weighted by Crippen LogP contribution is 2.27. The van der Waals surface area contributed by atoms with E-state index in [1.807, 2.05) is 6.20 Å². The van der Waals surface area contributed by atoms with Crippen molar-refractivity contribution in [3.63, 3.8) is 0 Å². The highest BCUT2D eigenvalue weighted by Gasteiger charge is 2.31. The number of hydrogen-bond acceptors (Lipinski definition) is 4. The quantitative estimate of drug-likeness (QED) is 0.776. The predicted molar refractivity (Wildman–Crippen MR) is 86.1 cm³/mol. The monoisotopic (exact) mass is 288 g/mol. The summed E-state index contributed by atoms with van der Waals surface area (Å²) in [5.74, 6) is 0. The van der Waals surface area contributed by atoms with Crippen LogP contribution in [-0.2, 0) is 13.1 Å². The lowest BCUT2D eigenvalue weighted by atomic mass is 10.2. The fraction of sp³-hybridized carbons (Fsp3) is 0.706. The lowest BCUT2D eigenvalue weighted by Gasteiger charge is -2.34. The molecule has 1 saturated carbocycles. The van der Waals surface area contributed by atoms with Crippen molar-refractivity contribution in [1.82, 2.24) is 20.1 Å². The second-order valence-electron chi connectivity index (χ2n) is 6.38. The summed E-state index contributed by atoms with van der Waals surface area (Å²) in [6, 6.07) is 5.32. The number of nitrogens with zero attached hydrogens (tertiary/aromatic N) is 3. The number of piperazine rings is 1. The average molecular weight is 288 g/mol. The lowest BCUT2D eigenvalue weighted by Crippen LogP contribution is -2.46. The maximum Gasteiger partial charge on any atom is 0.0544 e. The molecule has 2 aliphatic rings. The van der Waals surface area contributed by atoms with Gasteiger partial charge in [-0.25, -0.2) is 0 Å². The van der Waals surface area contributed by atoms with Crippen molar-refractivity contribution in [2.45, 2.75) is 45.3 Å². The zero-order valence-electron chi connectivity index (χ0n) is 13.2. The van der Waals surface area contributed by atoms with Crippen LogP contribution in [0.25, 0.3) is 0 Å². The van der Waals surface area contributed by atoms with Crippen molar-refractivity contribution in [1.29, 1.82) is 0 Å². The fourth-order valence-electron chi connectivity index (χ4n) is 3.02. The second-order valence-corrected chi connectivity index (χ2v) is 6.38. The number of hydrogen-bond donors (Lipinski definition) is 1. The molecular weight excluding hydrogens is 260 g/mol. The Morgan fingerprint density at radius 3 is 2.62 bits per heavy atom. The van der Waals surface area contributed by atoms with Crippen molar-refractivity contribution < 1.29 is 0 Å². The van der Waals surface area contributed by atoms with E-state index >= 15 is 0 Å². The van der Waals surface area contributed by atoms with Crippen LogP contribution in [0, 0.1) is 0 Å². The van der Waals surface area contributed by atoms with Gasteiger partial charge in [0.1, 0.15) is 0 Å². The Kier molecular flexibility index (Phi) is 5.22. The normalized spacial score (nSPS) is 20.8. The van der Waals surface area contributed by atoms with Gasteiger partial charge in [-0.3, -0.25) is 14.8 Å². The van der Waals surface area contributed by atoms with Crippen LogP contribution in [0.3, 0.4) is 0 Å². The first kappa shape index (κ1) is 14.9. The highest BCUT2D eigenvalue weighted by molar-refractivity contribution is 5.14. The third kappa shape index (κ3) is 4.50. The van der Waals surface area contributed by atoms with E-state index in [0.29, 0.717) is 0 Å². The molecule has 1 aromatic heterocycles. The summed E-state index contributed by atoms with van der Waals surface area (Å²) in [4.78, 5) is 9.82. The van der Waals surface area contributed by atoms with E-state index in [0.717, 1.165) is 25.7 Å². The van der Waals surface area contributed by atoms with Gasteiger partial charge in [0, 0.05) is 51.5 Å². The van der Waals surface area contributed by atoms with E-state index in [1.54, 1.807) is 0 Å². The van der Waals surface area contributed by atoms with Crippen LogP contribution in [0.15, 0.2) is 18.3 Å². The third-order valence-corrected chi connectivity index (χ3v) is 4.50. The van der Waals surface area contributed by atoms with E-state index in [-0.39, 0.29) is 0 Å². The third-order valence-electron chi connectivity index (χ3n) is 4.50. The topological polar surface area (TPSA) is 31.4 Å². The van der Waals surface area contributed by atoms with E-state index < -0.39 is 0 Å². The first-order valence-electron chi connectivity index (χ1n) is 8.46. The SMILES string of the molecule is CCCNCc1ccc(CN2CCN(C3CC3)CC2)nc1. The van der Waals surface area contributed by atoms with Crippen molar-refractivity contribution >= 4 is 0 Å². The van der Waals surface area contributed by atoms with Gasteiger partial charge in [-0.05, 0) is 37.4 Å². The molecule has 21 heavy (non-hydrogen) atoms. The molecule has 0 aromatic carbocycles. The zero-order valence-corrected chi connectivity index (χ0v) is 13.2. The summed E-state index contributed by atoms with van der Waals surface area (Å²) in [5, 5.41) is 3.42. The average Bonchev–Trinajstić information content (AvgIpc) is 3.35. The van der Waals surface area contributed by atoms with Crippen LogP contribution in [0.5, 0.6) is 0 Å². The van der Waals surface area contributed by atoms with Gasteiger partial charge in [-0.1, -0.05) is 13.0 Å². The van der Waals surface area contributed by atoms with Crippen LogP contribution < -0.4 is 5.32 Å². The molecule has 1 aromatic rings. The van der Waals surface area contributed by atoms with Crippen molar-refractivity contribution in [3.8, 4) is 0 Å². The van der Waals surface area contributed by atoms with Crippen molar-refractivity contribution in [3.05, 3.63) is 29.6 Å². The molecule has 1 aliphatic heterocycles. The Morgan fingerprint density at radius 1 is 1.19 bits per heavy atom. The minimum absolute atomic E-state index is 0.917. The van der Waals surface area contributed by atoms with Gasteiger partial charge < -0.3 is 5.32 Å². The van der Waals surface area contributed by atoms with Gasteiger partial charge in [0.15, 0.2) is 0 Å². The molecule has 0 radical (unpaired) electrons. The van der Waals surface area contributed by atoms with Gasteiger partial charge in [0.25, 0.3) is 0 Å². The molecule has 1 N–H and O–H groups in total. The first-order chi connectivity index (χ1) is 10.3. The summed E-state index contributed by atoms with van der Waals surface area (Å²) < 4.78 is 0. The van der Waals surface area contributed by atoms with E-state index in [4.69, 9.17) is 0 Å². The Morgan fingerprint density at radius 2 is 2.00 bits per heavy atom. The van der Waals surface area contributed by atoms with Crippen LogP contribution in [0.4, 0.5) is 0 Å². The van der Waals surface area contributed by atoms with Crippen molar-refractivity contribution in [2.75, 3.05) is 32.7 Å². The standard InChI is InChI=1S/C17H28N4/c1-2-7-18-12-15-3-4-16(19-13-15)14-20-8-10-21(11-9-20)17-5-6-17/h3-4,13,17-18H,2,5-12,14H2,1H3. The summed E-state index contributed by atoms with van der Waals surface area (Å²) in [6.07, 6.45) is 6.06. The molecule has 0 bridgehead atoms. The Hall–Kier alpha value is -0.970. The van der Waals surface area contributed by atoms with Crippen molar-refractivity contribution in [2.24, 2.45) is 0 Å². The summed E-state index contributed by atoms with van der Waals surface area (Å²) in [5.41, 5.74) is 2.49. The van der Waals surface area contributed by atoms with Gasteiger partial charge in [0.05, 0.1) is 5.69 Å². The summed E-state index contributed by atoms with van der Waals surface area (Å²) in [7, 11) is 0. The fourth-order valence-corrected chi connectivity index (χ4v) is 3.02. The van der Waals surface area contributed by atoms with Gasteiger partial charge in [-0.2, -0.15) is 0 Å². The first-order valence-corrected chi connectivity index (χ1v) is 8.46. The maximum absolute atomic E-state index is 4.62.